The Labute approximate surface area is 118 Å². The number of methoxy groups -OCH3 is 1. The molecule has 2 rings (SSSR count). The molecule has 1 aromatic carbocycles. The number of nitrogens with one attached hydrogen (secondary N) is 1. The SMILES string of the molecule is CCn1nccc1CNc1ccc(C(=O)OC)cc1C. The molecule has 1 N–H and O–H groups in total. The zero-order valence-corrected chi connectivity index (χ0v) is 12.0. The highest BCUT2D eigenvalue weighted by Gasteiger charge is 2.08. The van der Waals surface area contributed by atoms with Crippen molar-refractivity contribution in [2.24, 2.45) is 0 Å². The van der Waals surface area contributed by atoms with E-state index >= 15 is 0 Å². The number of aryl methyl sites for hydroxylation is 2. The van der Waals surface area contributed by atoms with Crippen LogP contribution in [0.2, 0.25) is 0 Å². The van der Waals surface area contributed by atoms with Crippen LogP contribution in [0, 0.1) is 6.92 Å². The van der Waals surface area contributed by atoms with Crippen molar-refractivity contribution in [1.82, 2.24) is 9.78 Å². The first kappa shape index (κ1) is 14.1. The van der Waals surface area contributed by atoms with E-state index in [0.29, 0.717) is 12.1 Å². The van der Waals surface area contributed by atoms with Gasteiger partial charge in [0.05, 0.1) is 24.9 Å². The van der Waals surface area contributed by atoms with Crippen molar-refractivity contribution >= 4 is 11.7 Å². The van der Waals surface area contributed by atoms with Gasteiger partial charge in [-0.3, -0.25) is 4.68 Å². The molecule has 0 aliphatic rings. The third-order valence-electron chi connectivity index (χ3n) is 3.21. The normalized spacial score (nSPS) is 10.3. The average molecular weight is 273 g/mol. The summed E-state index contributed by atoms with van der Waals surface area (Å²) >= 11 is 0. The van der Waals surface area contributed by atoms with E-state index in [4.69, 9.17) is 4.74 Å². The first-order chi connectivity index (χ1) is 9.65. The predicted octanol–water partition coefficient (Wildman–Crippen LogP) is 2.61. The Kier molecular flexibility index (Phi) is 4.40. The van der Waals surface area contributed by atoms with Gasteiger partial charge in [0.2, 0.25) is 0 Å². The molecule has 0 bridgehead atoms. The topological polar surface area (TPSA) is 56.2 Å². The van der Waals surface area contributed by atoms with E-state index in [0.717, 1.165) is 23.5 Å². The molecule has 106 valence electrons. The van der Waals surface area contributed by atoms with Gasteiger partial charge in [0, 0.05) is 18.4 Å². The molecule has 5 heteroatoms. The molecule has 0 unspecified atom stereocenters. The minimum atomic E-state index is -0.316. The molecule has 0 aliphatic heterocycles. The van der Waals surface area contributed by atoms with Crippen LogP contribution in [0.15, 0.2) is 30.5 Å². The Morgan fingerprint density at radius 3 is 2.85 bits per heavy atom. The Balaban J connectivity index is 2.09. The number of aromatic nitrogens is 2. The number of rotatable bonds is 5. The summed E-state index contributed by atoms with van der Waals surface area (Å²) in [6.07, 6.45) is 1.80. The summed E-state index contributed by atoms with van der Waals surface area (Å²) < 4.78 is 6.66. The second-order valence-corrected chi connectivity index (χ2v) is 4.51. The van der Waals surface area contributed by atoms with Gasteiger partial charge in [-0.2, -0.15) is 5.10 Å². The van der Waals surface area contributed by atoms with Gasteiger partial charge in [-0.05, 0) is 43.7 Å². The van der Waals surface area contributed by atoms with Gasteiger partial charge >= 0.3 is 5.97 Å². The number of carbonyl (C=O) groups is 1. The Hall–Kier alpha value is -2.30. The molecule has 0 radical (unpaired) electrons. The molecule has 0 aliphatic carbocycles. The minimum Gasteiger partial charge on any atom is -0.465 e. The molecule has 20 heavy (non-hydrogen) atoms. The highest BCUT2D eigenvalue weighted by atomic mass is 16.5. The molecule has 0 atom stereocenters. The van der Waals surface area contributed by atoms with E-state index in [1.54, 1.807) is 12.3 Å². The molecule has 5 nitrogen and oxygen atoms in total. The monoisotopic (exact) mass is 273 g/mol. The molecular formula is C15H19N3O2. The van der Waals surface area contributed by atoms with E-state index in [1.165, 1.54) is 7.11 Å². The fourth-order valence-electron chi connectivity index (χ4n) is 2.09. The summed E-state index contributed by atoms with van der Waals surface area (Å²) in [5.41, 5.74) is 3.70. The van der Waals surface area contributed by atoms with E-state index < -0.39 is 0 Å². The first-order valence-electron chi connectivity index (χ1n) is 6.59. The fourth-order valence-corrected chi connectivity index (χ4v) is 2.09. The van der Waals surface area contributed by atoms with Crippen molar-refractivity contribution in [3.63, 3.8) is 0 Å². The number of carbonyl (C=O) groups excluding carboxylic acids is 1. The summed E-state index contributed by atoms with van der Waals surface area (Å²) in [4.78, 5) is 11.5. The minimum absolute atomic E-state index is 0.316. The lowest BCUT2D eigenvalue weighted by atomic mass is 10.1. The van der Waals surface area contributed by atoms with Crippen LogP contribution in [-0.4, -0.2) is 22.9 Å². The summed E-state index contributed by atoms with van der Waals surface area (Å²) in [6, 6.07) is 7.48. The average Bonchev–Trinajstić information content (AvgIpc) is 2.92. The summed E-state index contributed by atoms with van der Waals surface area (Å²) in [5, 5.41) is 7.59. The lowest BCUT2D eigenvalue weighted by Crippen LogP contribution is -2.09. The molecule has 0 amide bonds. The van der Waals surface area contributed by atoms with Crippen molar-refractivity contribution in [2.45, 2.75) is 26.9 Å². The van der Waals surface area contributed by atoms with Crippen LogP contribution >= 0.6 is 0 Å². The summed E-state index contributed by atoms with van der Waals surface area (Å²) in [7, 11) is 1.38. The van der Waals surface area contributed by atoms with Crippen molar-refractivity contribution in [2.75, 3.05) is 12.4 Å². The van der Waals surface area contributed by atoms with E-state index in [9.17, 15) is 4.79 Å². The van der Waals surface area contributed by atoms with Crippen molar-refractivity contribution < 1.29 is 9.53 Å². The molecule has 0 fully saturated rings. The van der Waals surface area contributed by atoms with Gasteiger partial charge in [-0.25, -0.2) is 4.79 Å². The maximum absolute atomic E-state index is 11.5. The molecule has 0 saturated carbocycles. The van der Waals surface area contributed by atoms with Crippen LogP contribution in [0.1, 0.15) is 28.5 Å². The third-order valence-corrected chi connectivity index (χ3v) is 3.21. The lowest BCUT2D eigenvalue weighted by Gasteiger charge is -2.11. The van der Waals surface area contributed by atoms with Crippen LogP contribution in [-0.2, 0) is 17.8 Å². The number of anilines is 1. The van der Waals surface area contributed by atoms with E-state index in [-0.39, 0.29) is 5.97 Å². The number of ether oxygens (including phenoxy) is 1. The second kappa shape index (κ2) is 6.23. The molecule has 1 heterocycles. The van der Waals surface area contributed by atoms with Gasteiger partial charge in [0.15, 0.2) is 0 Å². The van der Waals surface area contributed by atoms with Crippen molar-refractivity contribution in [3.05, 3.63) is 47.3 Å². The zero-order valence-electron chi connectivity index (χ0n) is 12.0. The van der Waals surface area contributed by atoms with Gasteiger partial charge in [0.25, 0.3) is 0 Å². The van der Waals surface area contributed by atoms with Gasteiger partial charge in [0.1, 0.15) is 0 Å². The van der Waals surface area contributed by atoms with Gasteiger partial charge in [-0.15, -0.1) is 0 Å². The second-order valence-electron chi connectivity index (χ2n) is 4.51. The molecule has 1 aromatic heterocycles. The largest absolute Gasteiger partial charge is 0.465 e. The third kappa shape index (κ3) is 2.99. The van der Waals surface area contributed by atoms with Crippen LogP contribution in [0.3, 0.4) is 0 Å². The van der Waals surface area contributed by atoms with Crippen LogP contribution in [0.4, 0.5) is 5.69 Å². The van der Waals surface area contributed by atoms with E-state index in [2.05, 4.69) is 17.3 Å². The highest BCUT2D eigenvalue weighted by Crippen LogP contribution is 2.18. The Morgan fingerprint density at radius 2 is 2.20 bits per heavy atom. The zero-order chi connectivity index (χ0) is 14.5. The quantitative estimate of drug-likeness (QED) is 0.851. The first-order valence-corrected chi connectivity index (χ1v) is 6.59. The number of hydrogen-bond acceptors (Lipinski definition) is 4. The highest BCUT2D eigenvalue weighted by molar-refractivity contribution is 5.90. The number of hydrogen-bond donors (Lipinski definition) is 1. The number of nitrogens with zero attached hydrogens (tertiary/aromatic N) is 2. The molecule has 2 aromatic rings. The summed E-state index contributed by atoms with van der Waals surface area (Å²) in [6.45, 7) is 5.58. The maximum atomic E-state index is 11.5. The van der Waals surface area contributed by atoms with Crippen LogP contribution in [0.5, 0.6) is 0 Å². The van der Waals surface area contributed by atoms with Gasteiger partial charge in [-0.1, -0.05) is 0 Å². The Bertz CT molecular complexity index is 605. The fraction of sp³-hybridized carbons (Fsp3) is 0.333. The van der Waals surface area contributed by atoms with Gasteiger partial charge < -0.3 is 10.1 Å². The number of esters is 1. The van der Waals surface area contributed by atoms with Crippen LogP contribution < -0.4 is 5.32 Å². The molecule has 0 spiro atoms. The van der Waals surface area contributed by atoms with Crippen molar-refractivity contribution in [3.8, 4) is 0 Å². The maximum Gasteiger partial charge on any atom is 0.337 e. The smallest absolute Gasteiger partial charge is 0.337 e. The molecular weight excluding hydrogens is 254 g/mol. The Morgan fingerprint density at radius 1 is 1.40 bits per heavy atom. The van der Waals surface area contributed by atoms with Crippen molar-refractivity contribution in [1.29, 1.82) is 0 Å². The number of benzene rings is 1. The lowest BCUT2D eigenvalue weighted by molar-refractivity contribution is 0.0600. The molecule has 0 saturated heterocycles. The summed E-state index contributed by atoms with van der Waals surface area (Å²) in [5.74, 6) is -0.316. The van der Waals surface area contributed by atoms with E-state index in [1.807, 2.05) is 29.8 Å². The van der Waals surface area contributed by atoms with Crippen LogP contribution in [0.25, 0.3) is 0 Å². The predicted molar refractivity (Wildman–Crippen MR) is 77.7 cm³/mol. The standard InChI is InChI=1S/C15H19N3O2/c1-4-18-13(7-8-17-18)10-16-14-6-5-12(9-11(14)2)15(19)20-3/h5-9,16H,4,10H2,1-3H3.